The van der Waals surface area contributed by atoms with E-state index in [1.54, 1.807) is 0 Å². The number of esters is 1. The van der Waals surface area contributed by atoms with Crippen molar-refractivity contribution in [1.29, 1.82) is 0 Å². The molecule has 0 fully saturated rings. The second-order valence-corrected chi connectivity index (χ2v) is 7.44. The molecule has 0 radical (unpaired) electrons. The number of carboxylic acids is 1. The minimum absolute atomic E-state index is 0.134. The van der Waals surface area contributed by atoms with E-state index in [1.807, 2.05) is 24.3 Å². The predicted molar refractivity (Wildman–Crippen MR) is 121 cm³/mol. The zero-order valence-electron chi connectivity index (χ0n) is 18.6. The lowest BCUT2D eigenvalue weighted by Crippen LogP contribution is -2.13. The highest BCUT2D eigenvalue weighted by atomic mass is 16.5. The van der Waals surface area contributed by atoms with Crippen molar-refractivity contribution < 1.29 is 19.4 Å². The topological polar surface area (TPSA) is 63.6 Å². The third-order valence-corrected chi connectivity index (χ3v) is 4.59. The van der Waals surface area contributed by atoms with Gasteiger partial charge in [0.1, 0.15) is 6.10 Å². The van der Waals surface area contributed by atoms with E-state index in [-0.39, 0.29) is 18.5 Å². The molecule has 0 saturated heterocycles. The molecular weight excluding hydrogens is 364 g/mol. The average molecular weight is 407 g/mol. The number of unbranched alkanes of at least 4 members (excludes halogenated alkanes) is 8. The molecule has 0 aliphatic rings. The molecule has 4 nitrogen and oxygen atoms in total. The molecule has 1 atom stereocenters. The molecule has 0 aromatic carbocycles. The summed E-state index contributed by atoms with van der Waals surface area (Å²) in [5, 5.41) is 8.65. The summed E-state index contributed by atoms with van der Waals surface area (Å²) < 4.78 is 5.63. The third-order valence-electron chi connectivity index (χ3n) is 4.59. The van der Waals surface area contributed by atoms with Crippen molar-refractivity contribution in [3.8, 4) is 0 Å². The Morgan fingerprint density at radius 2 is 1.45 bits per heavy atom. The molecule has 0 amide bonds. The van der Waals surface area contributed by atoms with Gasteiger partial charge >= 0.3 is 11.9 Å². The maximum Gasteiger partial charge on any atom is 0.306 e. The van der Waals surface area contributed by atoms with Crippen LogP contribution in [0.15, 0.2) is 36.5 Å². The van der Waals surface area contributed by atoms with Crippen LogP contribution >= 0.6 is 0 Å². The fourth-order valence-electron chi connectivity index (χ4n) is 2.90. The highest BCUT2D eigenvalue weighted by Gasteiger charge is 2.08. The van der Waals surface area contributed by atoms with Crippen molar-refractivity contribution >= 4 is 11.9 Å². The first kappa shape index (κ1) is 27.2. The minimum Gasteiger partial charge on any atom is -0.481 e. The molecule has 29 heavy (non-hydrogen) atoms. The number of carboxylic acid groups (broad SMARTS) is 1. The number of hydrogen-bond acceptors (Lipinski definition) is 3. The number of carbonyl (C=O) groups is 2. The molecule has 0 aliphatic heterocycles. The van der Waals surface area contributed by atoms with Crippen LogP contribution in [-0.4, -0.2) is 23.1 Å². The van der Waals surface area contributed by atoms with Crippen LogP contribution in [0.4, 0.5) is 0 Å². The normalized spacial score (nSPS) is 12.9. The Morgan fingerprint density at radius 3 is 2.17 bits per heavy atom. The van der Waals surface area contributed by atoms with Crippen LogP contribution in [0.3, 0.4) is 0 Å². The fourth-order valence-corrected chi connectivity index (χ4v) is 2.90. The van der Waals surface area contributed by atoms with Gasteiger partial charge in [-0.3, -0.25) is 9.59 Å². The summed E-state index contributed by atoms with van der Waals surface area (Å²) in [6.07, 6.45) is 24.8. The Hall–Kier alpha value is -1.84. The van der Waals surface area contributed by atoms with Crippen molar-refractivity contribution in [1.82, 2.24) is 0 Å². The number of allylic oxidation sites excluding steroid dienone is 4. The van der Waals surface area contributed by atoms with E-state index >= 15 is 0 Å². The van der Waals surface area contributed by atoms with Gasteiger partial charge in [0.2, 0.25) is 0 Å². The Balaban J connectivity index is 4.30. The van der Waals surface area contributed by atoms with Crippen molar-refractivity contribution in [2.75, 3.05) is 0 Å². The number of hydrogen-bond donors (Lipinski definition) is 1. The summed E-state index contributed by atoms with van der Waals surface area (Å²) in [5.41, 5.74) is 0. The predicted octanol–water partition coefficient (Wildman–Crippen LogP) is 7.15. The van der Waals surface area contributed by atoms with E-state index in [4.69, 9.17) is 9.84 Å². The molecule has 0 rings (SSSR count). The van der Waals surface area contributed by atoms with E-state index in [1.165, 1.54) is 25.7 Å². The van der Waals surface area contributed by atoms with Crippen molar-refractivity contribution in [2.45, 2.75) is 110 Å². The molecule has 0 aliphatic carbocycles. The monoisotopic (exact) mass is 406 g/mol. The van der Waals surface area contributed by atoms with Crippen molar-refractivity contribution in [3.05, 3.63) is 36.5 Å². The Morgan fingerprint density at radius 1 is 0.793 bits per heavy atom. The van der Waals surface area contributed by atoms with Crippen LogP contribution in [0.1, 0.15) is 104 Å². The van der Waals surface area contributed by atoms with Crippen LogP contribution < -0.4 is 0 Å². The van der Waals surface area contributed by atoms with Gasteiger partial charge in [0.15, 0.2) is 0 Å². The second kappa shape index (κ2) is 20.9. The molecule has 0 bridgehead atoms. The zero-order chi connectivity index (χ0) is 21.6. The van der Waals surface area contributed by atoms with Gasteiger partial charge in [0.05, 0.1) is 0 Å². The zero-order valence-corrected chi connectivity index (χ0v) is 18.6. The molecule has 0 aromatic rings. The number of carbonyl (C=O) groups excluding carboxylic acids is 1. The highest BCUT2D eigenvalue weighted by Crippen LogP contribution is 2.10. The maximum atomic E-state index is 12.2. The summed E-state index contributed by atoms with van der Waals surface area (Å²) in [5.74, 6) is -0.870. The van der Waals surface area contributed by atoms with Crippen molar-refractivity contribution in [3.63, 3.8) is 0 Å². The molecule has 1 N–H and O–H groups in total. The van der Waals surface area contributed by atoms with Gasteiger partial charge in [0.25, 0.3) is 0 Å². The van der Waals surface area contributed by atoms with Gasteiger partial charge in [-0.05, 0) is 50.7 Å². The summed E-state index contributed by atoms with van der Waals surface area (Å²) in [4.78, 5) is 22.7. The summed E-state index contributed by atoms with van der Waals surface area (Å²) in [6.45, 7) is 4.30. The van der Waals surface area contributed by atoms with Crippen LogP contribution in [0.25, 0.3) is 0 Å². The van der Waals surface area contributed by atoms with Crippen LogP contribution in [0.5, 0.6) is 0 Å². The van der Waals surface area contributed by atoms with Gasteiger partial charge in [-0.1, -0.05) is 76.7 Å². The van der Waals surface area contributed by atoms with E-state index in [9.17, 15) is 9.59 Å². The lowest BCUT2D eigenvalue weighted by Gasteiger charge is -2.11. The van der Waals surface area contributed by atoms with Crippen molar-refractivity contribution in [2.24, 2.45) is 0 Å². The van der Waals surface area contributed by atoms with Gasteiger partial charge in [-0.25, -0.2) is 0 Å². The third kappa shape index (κ3) is 20.7. The smallest absolute Gasteiger partial charge is 0.306 e. The first-order valence-electron chi connectivity index (χ1n) is 11.5. The van der Waals surface area contributed by atoms with Crippen LogP contribution in [0, 0.1) is 0 Å². The summed E-state index contributed by atoms with van der Waals surface area (Å²) in [6, 6.07) is 0. The first-order chi connectivity index (χ1) is 14.1. The summed E-state index contributed by atoms with van der Waals surface area (Å²) >= 11 is 0. The Labute approximate surface area is 178 Å². The molecule has 0 heterocycles. The van der Waals surface area contributed by atoms with Gasteiger partial charge in [-0.15, -0.1) is 0 Å². The number of rotatable bonds is 19. The quantitative estimate of drug-likeness (QED) is 0.140. The lowest BCUT2D eigenvalue weighted by atomic mass is 10.1. The number of ether oxygens (including phenoxy) is 1. The molecule has 4 heteroatoms. The Bertz CT molecular complexity index is 491. The van der Waals surface area contributed by atoms with E-state index in [0.717, 1.165) is 44.9 Å². The Kier molecular flexibility index (Phi) is 19.6. The maximum absolute atomic E-state index is 12.2. The molecule has 0 spiro atoms. The second-order valence-electron chi connectivity index (χ2n) is 7.44. The van der Waals surface area contributed by atoms with Gasteiger partial charge in [0, 0.05) is 12.8 Å². The fraction of sp³-hybridized carbons (Fsp3) is 0.680. The molecule has 0 aromatic heterocycles. The van der Waals surface area contributed by atoms with Gasteiger partial charge in [-0.2, -0.15) is 0 Å². The van der Waals surface area contributed by atoms with Crippen LogP contribution in [0.2, 0.25) is 0 Å². The minimum atomic E-state index is -0.736. The standard InChI is InChI=1S/C25H42O4/c1-3-5-7-9-14-18-22-25(28)29-23(19-15-11-8-6-4-2)20-16-12-10-13-17-21-24(26)27/h6,8,15-16,19-20,23H,3-5,7,9-14,17-18,21-22H2,1-2H3,(H,26,27)/b8-6-,19-15-,20-16-. The number of aliphatic carboxylic acids is 1. The van der Waals surface area contributed by atoms with E-state index < -0.39 is 5.97 Å². The SMILES string of the molecule is CC/C=C\C/C=C\C(/C=C\CCCCCC(=O)O)OC(=O)CCCCCCCC. The highest BCUT2D eigenvalue weighted by molar-refractivity contribution is 5.69. The average Bonchev–Trinajstić information content (AvgIpc) is 2.69. The lowest BCUT2D eigenvalue weighted by molar-refractivity contribution is -0.145. The van der Waals surface area contributed by atoms with E-state index in [2.05, 4.69) is 26.0 Å². The summed E-state index contributed by atoms with van der Waals surface area (Å²) in [7, 11) is 0. The van der Waals surface area contributed by atoms with Gasteiger partial charge < -0.3 is 9.84 Å². The molecule has 1 unspecified atom stereocenters. The molecular formula is C25H42O4. The molecule has 0 saturated carbocycles. The van der Waals surface area contributed by atoms with E-state index in [0.29, 0.717) is 12.8 Å². The largest absolute Gasteiger partial charge is 0.481 e. The molecule has 166 valence electrons. The first-order valence-corrected chi connectivity index (χ1v) is 11.5. The van der Waals surface area contributed by atoms with Crippen LogP contribution in [-0.2, 0) is 14.3 Å².